The standard InChI is InChI=1S/C10H14NP/c1-7-2-3-8-6-11-10(12)5-9(8)4-7/h2-4,10-11H,5-6,12H2,1H3. The van der Waals surface area contributed by atoms with E-state index in [9.17, 15) is 0 Å². The molecule has 1 aromatic rings. The highest BCUT2D eigenvalue weighted by Crippen LogP contribution is 2.20. The maximum atomic E-state index is 3.42. The molecule has 64 valence electrons. The van der Waals surface area contributed by atoms with Crippen molar-refractivity contribution in [2.24, 2.45) is 0 Å². The molecule has 1 aliphatic rings. The highest BCUT2D eigenvalue weighted by Gasteiger charge is 2.13. The zero-order valence-corrected chi connectivity index (χ0v) is 8.46. The van der Waals surface area contributed by atoms with E-state index in [0.29, 0.717) is 5.78 Å². The minimum Gasteiger partial charge on any atom is -0.306 e. The van der Waals surface area contributed by atoms with Gasteiger partial charge in [0.15, 0.2) is 0 Å². The van der Waals surface area contributed by atoms with Gasteiger partial charge in [-0.3, -0.25) is 0 Å². The lowest BCUT2D eigenvalue weighted by atomic mass is 9.99. The summed E-state index contributed by atoms with van der Waals surface area (Å²) in [4.78, 5) is 0. The molecule has 2 atom stereocenters. The fourth-order valence-electron chi connectivity index (χ4n) is 1.67. The summed E-state index contributed by atoms with van der Waals surface area (Å²) in [6, 6.07) is 6.71. The predicted octanol–water partition coefficient (Wildman–Crippen LogP) is 1.84. The molecule has 1 aromatic carbocycles. The maximum Gasteiger partial charge on any atom is 0.0254 e. The summed E-state index contributed by atoms with van der Waals surface area (Å²) < 4.78 is 0. The zero-order valence-electron chi connectivity index (χ0n) is 7.30. The molecule has 1 nitrogen and oxygen atoms in total. The van der Waals surface area contributed by atoms with Gasteiger partial charge in [-0.05, 0) is 24.5 Å². The van der Waals surface area contributed by atoms with Gasteiger partial charge in [0.2, 0.25) is 0 Å². The highest BCUT2D eigenvalue weighted by atomic mass is 31.0. The molecule has 2 heteroatoms. The second-order valence-electron chi connectivity index (χ2n) is 3.46. The van der Waals surface area contributed by atoms with Crippen molar-refractivity contribution >= 4 is 9.24 Å². The summed E-state index contributed by atoms with van der Waals surface area (Å²) in [5.41, 5.74) is 4.33. The van der Waals surface area contributed by atoms with Crippen molar-refractivity contribution in [3.8, 4) is 0 Å². The quantitative estimate of drug-likeness (QED) is 0.599. The lowest BCUT2D eigenvalue weighted by Gasteiger charge is -2.23. The number of fused-ring (bicyclic) bond motifs is 1. The summed E-state index contributed by atoms with van der Waals surface area (Å²) in [5, 5.41) is 3.42. The van der Waals surface area contributed by atoms with E-state index in [4.69, 9.17) is 0 Å². The monoisotopic (exact) mass is 179 g/mol. The van der Waals surface area contributed by atoms with Crippen molar-refractivity contribution < 1.29 is 0 Å². The van der Waals surface area contributed by atoms with Crippen LogP contribution in [-0.4, -0.2) is 5.78 Å². The van der Waals surface area contributed by atoms with Crippen molar-refractivity contribution in [3.05, 3.63) is 34.9 Å². The van der Waals surface area contributed by atoms with E-state index in [2.05, 4.69) is 39.7 Å². The first-order valence-corrected chi connectivity index (χ1v) is 5.00. The number of rotatable bonds is 0. The average Bonchev–Trinajstić information content (AvgIpc) is 2.03. The van der Waals surface area contributed by atoms with Crippen LogP contribution in [0.3, 0.4) is 0 Å². The summed E-state index contributed by atoms with van der Waals surface area (Å²) in [7, 11) is 2.83. The lowest BCUT2D eigenvalue weighted by molar-refractivity contribution is 0.604. The number of hydrogen-bond donors (Lipinski definition) is 1. The Morgan fingerprint density at radius 3 is 3.08 bits per heavy atom. The first-order valence-electron chi connectivity index (χ1n) is 4.33. The van der Waals surface area contributed by atoms with Crippen molar-refractivity contribution in [1.82, 2.24) is 5.32 Å². The van der Waals surface area contributed by atoms with Crippen molar-refractivity contribution in [2.45, 2.75) is 25.7 Å². The van der Waals surface area contributed by atoms with Gasteiger partial charge in [-0.2, -0.15) is 0 Å². The summed E-state index contributed by atoms with van der Waals surface area (Å²) in [6.45, 7) is 3.17. The van der Waals surface area contributed by atoms with Crippen LogP contribution < -0.4 is 5.32 Å². The maximum absolute atomic E-state index is 3.42. The Morgan fingerprint density at radius 2 is 2.25 bits per heavy atom. The fraction of sp³-hybridized carbons (Fsp3) is 0.400. The molecule has 0 saturated carbocycles. The van der Waals surface area contributed by atoms with E-state index in [0.717, 1.165) is 13.0 Å². The molecule has 0 spiro atoms. The van der Waals surface area contributed by atoms with E-state index in [1.165, 1.54) is 16.7 Å². The van der Waals surface area contributed by atoms with Gasteiger partial charge in [0, 0.05) is 12.3 Å². The first kappa shape index (κ1) is 8.22. The molecule has 0 bridgehead atoms. The van der Waals surface area contributed by atoms with Gasteiger partial charge >= 0.3 is 0 Å². The SMILES string of the molecule is Cc1ccc2c(c1)CC(P)NC2. The molecule has 1 N–H and O–H groups in total. The Balaban J connectivity index is 2.37. The molecule has 1 heterocycles. The Labute approximate surface area is 75.8 Å². The lowest BCUT2D eigenvalue weighted by Crippen LogP contribution is -2.30. The largest absolute Gasteiger partial charge is 0.306 e. The zero-order chi connectivity index (χ0) is 8.55. The molecule has 0 radical (unpaired) electrons. The van der Waals surface area contributed by atoms with E-state index in [1.807, 2.05) is 0 Å². The predicted molar refractivity (Wildman–Crippen MR) is 55.2 cm³/mol. The van der Waals surface area contributed by atoms with Crippen LogP contribution in [0.2, 0.25) is 0 Å². The normalized spacial score (nSPS) is 22.0. The van der Waals surface area contributed by atoms with Crippen LogP contribution in [0, 0.1) is 6.92 Å². The van der Waals surface area contributed by atoms with Crippen LogP contribution in [0.4, 0.5) is 0 Å². The van der Waals surface area contributed by atoms with Gasteiger partial charge in [-0.25, -0.2) is 0 Å². The minimum atomic E-state index is 0.555. The van der Waals surface area contributed by atoms with Crippen molar-refractivity contribution in [1.29, 1.82) is 0 Å². The van der Waals surface area contributed by atoms with Crippen LogP contribution in [-0.2, 0) is 13.0 Å². The number of hydrogen-bond acceptors (Lipinski definition) is 1. The second-order valence-corrected chi connectivity index (χ2v) is 4.27. The summed E-state index contributed by atoms with van der Waals surface area (Å²) in [6.07, 6.45) is 1.14. The summed E-state index contributed by atoms with van der Waals surface area (Å²) >= 11 is 0. The van der Waals surface area contributed by atoms with Crippen molar-refractivity contribution in [2.75, 3.05) is 0 Å². The Morgan fingerprint density at radius 1 is 1.42 bits per heavy atom. The molecule has 1 aliphatic heterocycles. The highest BCUT2D eigenvalue weighted by molar-refractivity contribution is 7.17. The third-order valence-corrected chi connectivity index (χ3v) is 2.83. The van der Waals surface area contributed by atoms with Crippen LogP contribution in [0.15, 0.2) is 18.2 Å². The smallest absolute Gasteiger partial charge is 0.0254 e. The number of nitrogens with one attached hydrogen (secondary N) is 1. The molecule has 2 rings (SSSR count). The third kappa shape index (κ3) is 1.53. The second kappa shape index (κ2) is 3.16. The third-order valence-electron chi connectivity index (χ3n) is 2.36. The molecule has 12 heavy (non-hydrogen) atoms. The number of benzene rings is 1. The van der Waals surface area contributed by atoms with Gasteiger partial charge in [0.25, 0.3) is 0 Å². The fourth-order valence-corrected chi connectivity index (χ4v) is 2.04. The van der Waals surface area contributed by atoms with E-state index >= 15 is 0 Å². The Bertz CT molecular complexity index is 296. The van der Waals surface area contributed by atoms with Gasteiger partial charge in [0.05, 0.1) is 0 Å². The average molecular weight is 179 g/mol. The molecule has 2 unspecified atom stereocenters. The first-order chi connectivity index (χ1) is 5.75. The van der Waals surface area contributed by atoms with Gasteiger partial charge in [-0.1, -0.05) is 23.8 Å². The van der Waals surface area contributed by atoms with Crippen LogP contribution in [0.5, 0.6) is 0 Å². The molecule has 0 fully saturated rings. The van der Waals surface area contributed by atoms with Crippen LogP contribution in [0.1, 0.15) is 16.7 Å². The molecule has 0 amide bonds. The van der Waals surface area contributed by atoms with Gasteiger partial charge in [0.1, 0.15) is 0 Å². The summed E-state index contributed by atoms with van der Waals surface area (Å²) in [5.74, 6) is 0.555. The molecular formula is C10H14NP. The Hall–Kier alpha value is -0.390. The molecule has 0 aliphatic carbocycles. The van der Waals surface area contributed by atoms with Gasteiger partial charge < -0.3 is 5.32 Å². The van der Waals surface area contributed by atoms with Crippen LogP contribution in [0.25, 0.3) is 0 Å². The minimum absolute atomic E-state index is 0.555. The van der Waals surface area contributed by atoms with Crippen molar-refractivity contribution in [3.63, 3.8) is 0 Å². The van der Waals surface area contributed by atoms with E-state index in [-0.39, 0.29) is 0 Å². The van der Waals surface area contributed by atoms with Gasteiger partial charge in [-0.15, -0.1) is 9.24 Å². The molecule has 0 aromatic heterocycles. The molecular weight excluding hydrogens is 165 g/mol. The Kier molecular flexibility index (Phi) is 2.16. The molecule has 0 saturated heterocycles. The van der Waals surface area contributed by atoms with E-state index in [1.54, 1.807) is 0 Å². The topological polar surface area (TPSA) is 12.0 Å². The number of aryl methyl sites for hydroxylation is 1. The van der Waals surface area contributed by atoms with E-state index < -0.39 is 0 Å². The van der Waals surface area contributed by atoms with Crippen LogP contribution >= 0.6 is 9.24 Å².